The van der Waals surface area contributed by atoms with Crippen molar-refractivity contribution in [2.45, 2.75) is 13.5 Å². The van der Waals surface area contributed by atoms with Crippen LogP contribution in [-0.2, 0) is 6.54 Å². The first-order chi connectivity index (χ1) is 9.28. The Hall–Kier alpha value is -2.08. The highest BCUT2D eigenvalue weighted by Crippen LogP contribution is 2.16. The van der Waals surface area contributed by atoms with E-state index in [1.54, 1.807) is 14.0 Å². The normalized spacial score (nSPS) is 10.4. The summed E-state index contributed by atoms with van der Waals surface area (Å²) in [6.45, 7) is 3.61. The van der Waals surface area contributed by atoms with Gasteiger partial charge in [-0.2, -0.15) is 4.98 Å². The van der Waals surface area contributed by atoms with Gasteiger partial charge in [-0.25, -0.2) is 0 Å². The van der Waals surface area contributed by atoms with Crippen molar-refractivity contribution in [2.75, 3.05) is 20.3 Å². The van der Waals surface area contributed by atoms with Gasteiger partial charge in [0.25, 0.3) is 0 Å². The van der Waals surface area contributed by atoms with Gasteiger partial charge in [0.2, 0.25) is 5.89 Å². The Morgan fingerprint density at radius 2 is 1.95 bits per heavy atom. The number of benzene rings is 1. The molecule has 0 atom stereocenters. The SMILES string of the molecule is COc1ccc(OCCNCc2nc(C)no2)cc1. The predicted molar refractivity (Wildman–Crippen MR) is 69.2 cm³/mol. The summed E-state index contributed by atoms with van der Waals surface area (Å²) in [5.74, 6) is 2.86. The lowest BCUT2D eigenvalue weighted by Gasteiger charge is -2.07. The van der Waals surface area contributed by atoms with Gasteiger partial charge in [-0.05, 0) is 31.2 Å². The predicted octanol–water partition coefficient (Wildman–Crippen LogP) is 1.56. The molecule has 0 amide bonds. The molecule has 19 heavy (non-hydrogen) atoms. The van der Waals surface area contributed by atoms with E-state index in [0.717, 1.165) is 11.5 Å². The number of ether oxygens (including phenoxy) is 2. The van der Waals surface area contributed by atoms with E-state index in [1.807, 2.05) is 24.3 Å². The van der Waals surface area contributed by atoms with Gasteiger partial charge in [-0.1, -0.05) is 5.16 Å². The van der Waals surface area contributed by atoms with Crippen LogP contribution in [0.2, 0.25) is 0 Å². The van der Waals surface area contributed by atoms with Gasteiger partial charge in [0, 0.05) is 6.54 Å². The first-order valence-electron chi connectivity index (χ1n) is 6.04. The number of nitrogens with zero attached hydrogens (tertiary/aromatic N) is 2. The molecule has 6 heteroatoms. The standard InChI is InChI=1S/C13H17N3O3/c1-10-15-13(19-16-10)9-14-7-8-18-12-5-3-11(17-2)4-6-12/h3-6,14H,7-9H2,1-2H3. The molecule has 1 heterocycles. The molecule has 1 N–H and O–H groups in total. The van der Waals surface area contributed by atoms with Gasteiger partial charge in [-0.15, -0.1) is 0 Å². The van der Waals surface area contributed by atoms with Crippen molar-refractivity contribution in [1.29, 1.82) is 0 Å². The van der Waals surface area contributed by atoms with Crippen LogP contribution in [0.4, 0.5) is 0 Å². The molecule has 1 aromatic heterocycles. The third kappa shape index (κ3) is 4.26. The summed E-state index contributed by atoms with van der Waals surface area (Å²) >= 11 is 0. The molecule has 0 bridgehead atoms. The summed E-state index contributed by atoms with van der Waals surface area (Å²) in [5.41, 5.74) is 0. The molecule has 0 fully saturated rings. The number of aromatic nitrogens is 2. The van der Waals surface area contributed by atoms with E-state index in [9.17, 15) is 0 Å². The molecular weight excluding hydrogens is 246 g/mol. The maximum absolute atomic E-state index is 5.56. The van der Waals surface area contributed by atoms with Gasteiger partial charge >= 0.3 is 0 Å². The number of hydrogen-bond acceptors (Lipinski definition) is 6. The van der Waals surface area contributed by atoms with Gasteiger partial charge in [0.1, 0.15) is 18.1 Å². The number of aryl methyl sites for hydroxylation is 1. The quantitative estimate of drug-likeness (QED) is 0.764. The average Bonchev–Trinajstić information content (AvgIpc) is 2.85. The lowest BCUT2D eigenvalue weighted by molar-refractivity contribution is 0.304. The average molecular weight is 263 g/mol. The number of rotatable bonds is 7. The number of methoxy groups -OCH3 is 1. The third-order valence-corrected chi connectivity index (χ3v) is 2.45. The van der Waals surface area contributed by atoms with Crippen LogP contribution in [0.15, 0.2) is 28.8 Å². The summed E-state index contributed by atoms with van der Waals surface area (Å²) in [5, 5.41) is 6.87. The topological polar surface area (TPSA) is 69.4 Å². The van der Waals surface area contributed by atoms with Crippen molar-refractivity contribution in [3.8, 4) is 11.5 Å². The van der Waals surface area contributed by atoms with Crippen LogP contribution >= 0.6 is 0 Å². The fraction of sp³-hybridized carbons (Fsp3) is 0.385. The highest BCUT2D eigenvalue weighted by molar-refractivity contribution is 5.31. The van der Waals surface area contributed by atoms with Crippen LogP contribution in [0, 0.1) is 6.92 Å². The van der Waals surface area contributed by atoms with Crippen molar-refractivity contribution < 1.29 is 14.0 Å². The summed E-state index contributed by atoms with van der Waals surface area (Å²) in [6.07, 6.45) is 0. The van der Waals surface area contributed by atoms with Crippen molar-refractivity contribution in [2.24, 2.45) is 0 Å². The molecule has 0 unspecified atom stereocenters. The molecule has 0 aliphatic heterocycles. The van der Waals surface area contributed by atoms with Crippen molar-refractivity contribution in [3.63, 3.8) is 0 Å². The van der Waals surface area contributed by atoms with Crippen molar-refractivity contribution in [1.82, 2.24) is 15.5 Å². The fourth-order valence-electron chi connectivity index (χ4n) is 1.52. The molecule has 0 saturated heterocycles. The van der Waals surface area contributed by atoms with Gasteiger partial charge in [-0.3, -0.25) is 0 Å². The Bertz CT molecular complexity index is 496. The second kappa shape index (κ2) is 6.75. The molecule has 0 saturated carbocycles. The molecule has 0 radical (unpaired) electrons. The van der Waals surface area contributed by atoms with Gasteiger partial charge < -0.3 is 19.3 Å². The highest BCUT2D eigenvalue weighted by Gasteiger charge is 2.01. The molecule has 6 nitrogen and oxygen atoms in total. The summed E-state index contributed by atoms with van der Waals surface area (Å²) < 4.78 is 15.6. The van der Waals surface area contributed by atoms with E-state index < -0.39 is 0 Å². The Kier molecular flexibility index (Phi) is 4.74. The monoisotopic (exact) mass is 263 g/mol. The van der Waals surface area contributed by atoms with Crippen LogP contribution in [0.25, 0.3) is 0 Å². The van der Waals surface area contributed by atoms with E-state index >= 15 is 0 Å². The van der Waals surface area contributed by atoms with E-state index in [0.29, 0.717) is 31.4 Å². The molecule has 102 valence electrons. The molecule has 2 aromatic rings. The lowest BCUT2D eigenvalue weighted by Crippen LogP contribution is -2.20. The van der Waals surface area contributed by atoms with E-state index in [2.05, 4.69) is 15.5 Å². The Balaban J connectivity index is 1.63. The van der Waals surface area contributed by atoms with Crippen molar-refractivity contribution >= 4 is 0 Å². The second-order valence-electron chi connectivity index (χ2n) is 3.94. The molecule has 1 aromatic carbocycles. The largest absolute Gasteiger partial charge is 0.497 e. The molecule has 0 aliphatic rings. The van der Waals surface area contributed by atoms with Gasteiger partial charge in [0.05, 0.1) is 13.7 Å². The molecule has 0 spiro atoms. The minimum Gasteiger partial charge on any atom is -0.497 e. The summed E-state index contributed by atoms with van der Waals surface area (Å²) in [7, 11) is 1.64. The Morgan fingerprint density at radius 1 is 1.21 bits per heavy atom. The third-order valence-electron chi connectivity index (χ3n) is 2.45. The molecular formula is C13H17N3O3. The maximum atomic E-state index is 5.56. The Morgan fingerprint density at radius 3 is 2.58 bits per heavy atom. The van der Waals surface area contributed by atoms with Crippen molar-refractivity contribution in [3.05, 3.63) is 36.0 Å². The van der Waals surface area contributed by atoms with E-state index in [1.165, 1.54) is 0 Å². The second-order valence-corrected chi connectivity index (χ2v) is 3.94. The minimum absolute atomic E-state index is 0.548. The summed E-state index contributed by atoms with van der Waals surface area (Å²) in [4.78, 5) is 4.09. The van der Waals surface area contributed by atoms with Crippen LogP contribution in [0.5, 0.6) is 11.5 Å². The van der Waals surface area contributed by atoms with Crippen LogP contribution in [-0.4, -0.2) is 30.4 Å². The first kappa shape index (κ1) is 13.4. The first-order valence-corrected chi connectivity index (χ1v) is 6.04. The zero-order valence-electron chi connectivity index (χ0n) is 11.0. The Labute approximate surface area is 111 Å². The molecule has 2 rings (SSSR count). The van der Waals surface area contributed by atoms with Crippen LogP contribution in [0.3, 0.4) is 0 Å². The van der Waals surface area contributed by atoms with Crippen LogP contribution in [0.1, 0.15) is 11.7 Å². The lowest BCUT2D eigenvalue weighted by atomic mass is 10.3. The highest BCUT2D eigenvalue weighted by atomic mass is 16.5. The fourth-order valence-corrected chi connectivity index (χ4v) is 1.52. The maximum Gasteiger partial charge on any atom is 0.240 e. The zero-order valence-corrected chi connectivity index (χ0v) is 11.0. The van der Waals surface area contributed by atoms with E-state index in [4.69, 9.17) is 14.0 Å². The van der Waals surface area contributed by atoms with E-state index in [-0.39, 0.29) is 0 Å². The number of nitrogens with one attached hydrogen (secondary N) is 1. The van der Waals surface area contributed by atoms with Crippen LogP contribution < -0.4 is 14.8 Å². The molecule has 0 aliphatic carbocycles. The zero-order chi connectivity index (χ0) is 13.5. The minimum atomic E-state index is 0.548. The number of hydrogen-bond donors (Lipinski definition) is 1. The smallest absolute Gasteiger partial charge is 0.240 e. The van der Waals surface area contributed by atoms with Gasteiger partial charge in [0.15, 0.2) is 5.82 Å². The summed E-state index contributed by atoms with van der Waals surface area (Å²) in [6, 6.07) is 7.48.